The molecule has 1 atom stereocenters. The first kappa shape index (κ1) is 15.5. The van der Waals surface area contributed by atoms with Gasteiger partial charge in [-0.3, -0.25) is 0 Å². The van der Waals surface area contributed by atoms with Gasteiger partial charge in [-0.25, -0.2) is 8.42 Å². The van der Waals surface area contributed by atoms with E-state index in [1.807, 2.05) is 19.9 Å². The van der Waals surface area contributed by atoms with Crippen LogP contribution < -0.4 is 4.74 Å². The fraction of sp³-hybridized carbons (Fsp3) is 0.500. The second-order valence-corrected chi connectivity index (χ2v) is 7.25. The van der Waals surface area contributed by atoms with Gasteiger partial charge in [0.2, 0.25) is 0 Å². The monoisotopic (exact) mass is 281 g/mol. The predicted molar refractivity (Wildman–Crippen MR) is 74.7 cm³/mol. The van der Waals surface area contributed by atoms with E-state index in [-0.39, 0.29) is 23.5 Å². The Hall–Kier alpha value is -1.54. The van der Waals surface area contributed by atoms with Crippen molar-refractivity contribution in [1.29, 1.82) is 5.26 Å². The number of rotatable bonds is 6. The van der Waals surface area contributed by atoms with Crippen molar-refractivity contribution < 1.29 is 13.2 Å². The van der Waals surface area contributed by atoms with E-state index in [0.717, 1.165) is 0 Å². The van der Waals surface area contributed by atoms with Crippen LogP contribution in [0, 0.1) is 17.2 Å². The summed E-state index contributed by atoms with van der Waals surface area (Å²) in [5.41, 5.74) is 0.414. The van der Waals surface area contributed by atoms with E-state index < -0.39 is 9.84 Å². The Labute approximate surface area is 114 Å². The van der Waals surface area contributed by atoms with Gasteiger partial charge < -0.3 is 4.74 Å². The van der Waals surface area contributed by atoms with Gasteiger partial charge in [-0.15, -0.1) is 0 Å². The van der Waals surface area contributed by atoms with Gasteiger partial charge in [0.05, 0.1) is 16.6 Å². The van der Waals surface area contributed by atoms with Crippen LogP contribution in [0.4, 0.5) is 0 Å². The molecule has 1 aromatic rings. The fourth-order valence-corrected chi connectivity index (χ4v) is 3.07. The van der Waals surface area contributed by atoms with E-state index in [0.29, 0.717) is 11.3 Å². The molecule has 0 aromatic heterocycles. The lowest BCUT2D eigenvalue weighted by molar-refractivity contribution is 0.339. The van der Waals surface area contributed by atoms with Gasteiger partial charge in [0.15, 0.2) is 9.84 Å². The first-order valence-corrected chi connectivity index (χ1v) is 7.93. The Morgan fingerprint density at radius 2 is 1.89 bits per heavy atom. The highest BCUT2D eigenvalue weighted by atomic mass is 32.2. The topological polar surface area (TPSA) is 67.2 Å². The minimum absolute atomic E-state index is 0.0356. The molecule has 0 radical (unpaired) electrons. The maximum Gasteiger partial charge on any atom is 0.156 e. The number of para-hydroxylation sites is 1. The summed E-state index contributed by atoms with van der Waals surface area (Å²) < 4.78 is 29.3. The maximum atomic E-state index is 12.0. The van der Waals surface area contributed by atoms with Gasteiger partial charge in [0, 0.05) is 0 Å². The van der Waals surface area contributed by atoms with Crippen molar-refractivity contribution in [2.75, 3.05) is 12.4 Å². The van der Waals surface area contributed by atoms with E-state index in [9.17, 15) is 8.42 Å². The minimum atomic E-state index is -3.16. The Kier molecular flexibility index (Phi) is 5.37. The predicted octanol–water partition coefficient (Wildman–Crippen LogP) is 2.40. The lowest BCUT2D eigenvalue weighted by Gasteiger charge is -2.16. The summed E-state index contributed by atoms with van der Waals surface area (Å²) in [5, 5.41) is 8.50. The summed E-state index contributed by atoms with van der Waals surface area (Å²) in [7, 11) is -3.16. The zero-order valence-corrected chi connectivity index (χ0v) is 12.3. The maximum absolute atomic E-state index is 12.0. The van der Waals surface area contributed by atoms with Gasteiger partial charge >= 0.3 is 0 Å². The molecule has 0 heterocycles. The molecule has 1 unspecified atom stereocenters. The third kappa shape index (κ3) is 4.25. The van der Waals surface area contributed by atoms with Crippen LogP contribution in [0.25, 0.3) is 0 Å². The van der Waals surface area contributed by atoms with Gasteiger partial charge in [0.25, 0.3) is 0 Å². The molecule has 1 rings (SSSR count). The number of ether oxygens (including phenoxy) is 1. The summed E-state index contributed by atoms with van der Waals surface area (Å²) >= 11 is 0. The van der Waals surface area contributed by atoms with Crippen molar-refractivity contribution >= 4 is 9.84 Å². The quantitative estimate of drug-likeness (QED) is 0.803. The summed E-state index contributed by atoms with van der Waals surface area (Å²) in [6.07, 6.45) is 0. The van der Waals surface area contributed by atoms with E-state index in [1.54, 1.807) is 31.2 Å². The van der Waals surface area contributed by atoms with Crippen molar-refractivity contribution in [3.8, 4) is 11.8 Å². The zero-order valence-electron chi connectivity index (χ0n) is 11.5. The molecule has 0 spiro atoms. The van der Waals surface area contributed by atoms with Crippen LogP contribution in [0.3, 0.4) is 0 Å². The fourth-order valence-electron chi connectivity index (χ4n) is 1.55. The van der Waals surface area contributed by atoms with Gasteiger partial charge in [0.1, 0.15) is 18.4 Å². The molecular formula is C14H19NO3S. The number of benzene rings is 1. The molecule has 0 aliphatic carbocycles. The molecule has 1 aromatic carbocycles. The van der Waals surface area contributed by atoms with E-state index in [1.165, 1.54) is 0 Å². The van der Waals surface area contributed by atoms with Gasteiger partial charge in [-0.1, -0.05) is 26.0 Å². The van der Waals surface area contributed by atoms with Crippen LogP contribution in [0.15, 0.2) is 24.3 Å². The summed E-state index contributed by atoms with van der Waals surface area (Å²) in [6, 6.07) is 8.80. The van der Waals surface area contributed by atoms with Crippen molar-refractivity contribution in [2.24, 2.45) is 5.92 Å². The van der Waals surface area contributed by atoms with Crippen LogP contribution in [0.1, 0.15) is 26.3 Å². The lowest BCUT2D eigenvalue weighted by atomic mass is 10.2. The molecule has 0 amide bonds. The largest absolute Gasteiger partial charge is 0.491 e. The number of hydrogen-bond donors (Lipinski definition) is 0. The molecule has 0 bridgehead atoms. The SMILES string of the molecule is CC(C)C(C)S(=O)(=O)CCOc1ccccc1C#N. The number of hydrogen-bond acceptors (Lipinski definition) is 4. The van der Waals surface area contributed by atoms with E-state index >= 15 is 0 Å². The van der Waals surface area contributed by atoms with Crippen molar-refractivity contribution in [1.82, 2.24) is 0 Å². The highest BCUT2D eigenvalue weighted by Crippen LogP contribution is 2.17. The summed E-state index contributed by atoms with van der Waals surface area (Å²) in [5.74, 6) is 0.473. The molecular weight excluding hydrogens is 262 g/mol. The normalized spacial score (nSPS) is 13.0. The second-order valence-electron chi connectivity index (χ2n) is 4.77. The standard InChI is InChI=1S/C14H19NO3S/c1-11(2)12(3)19(16,17)9-8-18-14-7-5-4-6-13(14)10-15/h4-7,11-12H,8-9H2,1-3H3. The van der Waals surface area contributed by atoms with Crippen LogP contribution in [-0.4, -0.2) is 26.0 Å². The van der Waals surface area contributed by atoms with Crippen LogP contribution in [-0.2, 0) is 9.84 Å². The molecule has 19 heavy (non-hydrogen) atoms. The second kappa shape index (κ2) is 6.58. The Bertz CT molecular complexity index is 558. The smallest absolute Gasteiger partial charge is 0.156 e. The highest BCUT2D eigenvalue weighted by Gasteiger charge is 2.23. The minimum Gasteiger partial charge on any atom is -0.491 e. The van der Waals surface area contributed by atoms with E-state index in [4.69, 9.17) is 10.00 Å². The summed E-state index contributed by atoms with van der Waals surface area (Å²) in [4.78, 5) is 0. The van der Waals surface area contributed by atoms with Crippen molar-refractivity contribution in [3.63, 3.8) is 0 Å². The first-order chi connectivity index (χ1) is 8.88. The molecule has 5 heteroatoms. The van der Waals surface area contributed by atoms with E-state index in [2.05, 4.69) is 0 Å². The number of nitrogens with zero attached hydrogens (tertiary/aromatic N) is 1. The Morgan fingerprint density at radius 3 is 2.47 bits per heavy atom. The molecule has 0 saturated heterocycles. The van der Waals surface area contributed by atoms with Gasteiger partial charge in [-0.2, -0.15) is 5.26 Å². The molecule has 104 valence electrons. The van der Waals surface area contributed by atoms with Crippen LogP contribution in [0.5, 0.6) is 5.75 Å². The first-order valence-electron chi connectivity index (χ1n) is 6.22. The Morgan fingerprint density at radius 1 is 1.26 bits per heavy atom. The zero-order chi connectivity index (χ0) is 14.5. The highest BCUT2D eigenvalue weighted by molar-refractivity contribution is 7.92. The van der Waals surface area contributed by atoms with Crippen molar-refractivity contribution in [2.45, 2.75) is 26.0 Å². The molecule has 0 N–H and O–H groups in total. The van der Waals surface area contributed by atoms with Crippen molar-refractivity contribution in [3.05, 3.63) is 29.8 Å². The Balaban J connectivity index is 2.63. The number of nitriles is 1. The molecule has 0 fully saturated rings. The molecule has 0 saturated carbocycles. The van der Waals surface area contributed by atoms with Crippen LogP contribution in [0.2, 0.25) is 0 Å². The average Bonchev–Trinajstić information content (AvgIpc) is 2.38. The third-order valence-electron chi connectivity index (χ3n) is 3.14. The average molecular weight is 281 g/mol. The number of sulfone groups is 1. The molecule has 0 aliphatic rings. The third-order valence-corrected chi connectivity index (χ3v) is 5.55. The van der Waals surface area contributed by atoms with Gasteiger partial charge in [-0.05, 0) is 25.0 Å². The molecule has 0 aliphatic heterocycles. The summed E-state index contributed by atoms with van der Waals surface area (Å²) in [6.45, 7) is 5.55. The molecule has 4 nitrogen and oxygen atoms in total. The lowest BCUT2D eigenvalue weighted by Crippen LogP contribution is -2.28. The van der Waals surface area contributed by atoms with Crippen LogP contribution >= 0.6 is 0 Å².